The molecule has 0 aliphatic heterocycles. The van der Waals surface area contributed by atoms with Gasteiger partial charge in [-0.05, 0) is 17.7 Å². The lowest BCUT2D eigenvalue weighted by molar-refractivity contribution is 0.0693. The fourth-order valence-electron chi connectivity index (χ4n) is 2.53. The fourth-order valence-corrected chi connectivity index (χ4v) is 2.53. The molecule has 2 aromatic carbocycles. The van der Waals surface area contributed by atoms with Crippen LogP contribution in [-0.2, 0) is 6.54 Å². The minimum absolute atomic E-state index is 0.0791. The van der Waals surface area contributed by atoms with Crippen molar-refractivity contribution < 1.29 is 19.7 Å². The van der Waals surface area contributed by atoms with Crippen molar-refractivity contribution >= 4 is 5.97 Å². The Morgan fingerprint density at radius 3 is 2.23 bits per heavy atom. The molecular formula is C20H17NO5. The van der Waals surface area contributed by atoms with Crippen LogP contribution >= 0.6 is 0 Å². The van der Waals surface area contributed by atoms with Gasteiger partial charge in [-0.1, -0.05) is 48.5 Å². The molecule has 0 amide bonds. The van der Waals surface area contributed by atoms with Crippen LogP contribution in [0.15, 0.2) is 77.9 Å². The van der Waals surface area contributed by atoms with Crippen LogP contribution in [-0.4, -0.2) is 20.7 Å². The summed E-state index contributed by atoms with van der Waals surface area (Å²) in [5, 5.41) is 19.7. The number of aliphatic hydroxyl groups excluding tert-OH is 1. The van der Waals surface area contributed by atoms with E-state index in [0.717, 1.165) is 0 Å². The van der Waals surface area contributed by atoms with Crippen molar-refractivity contribution in [2.24, 2.45) is 0 Å². The van der Waals surface area contributed by atoms with Crippen LogP contribution in [0.1, 0.15) is 22.0 Å². The molecule has 0 unspecified atom stereocenters. The largest absolute Gasteiger partial charge is 0.477 e. The zero-order valence-corrected chi connectivity index (χ0v) is 13.8. The molecule has 3 rings (SSSR count). The molecule has 132 valence electrons. The topological polar surface area (TPSA) is 88.8 Å². The number of carbonyl (C=O) groups is 1. The van der Waals surface area contributed by atoms with Gasteiger partial charge in [0.05, 0.1) is 18.8 Å². The molecular weight excluding hydrogens is 334 g/mol. The first-order chi connectivity index (χ1) is 12.5. The maximum Gasteiger partial charge on any atom is 0.341 e. The van der Waals surface area contributed by atoms with Gasteiger partial charge in [-0.2, -0.15) is 0 Å². The number of carboxylic acids is 1. The average molecular weight is 351 g/mol. The summed E-state index contributed by atoms with van der Waals surface area (Å²) < 4.78 is 6.99. The normalized spacial score (nSPS) is 11.7. The maximum atomic E-state index is 12.3. The minimum Gasteiger partial charge on any atom is -0.477 e. The zero-order chi connectivity index (χ0) is 18.5. The van der Waals surface area contributed by atoms with Crippen LogP contribution in [0.2, 0.25) is 0 Å². The number of aromatic carboxylic acids is 1. The molecule has 0 aliphatic carbocycles. The van der Waals surface area contributed by atoms with E-state index in [2.05, 4.69) is 0 Å². The third-order valence-corrected chi connectivity index (χ3v) is 3.82. The summed E-state index contributed by atoms with van der Waals surface area (Å²) >= 11 is 0. The molecule has 0 saturated carbocycles. The Bertz CT molecular complexity index is 951. The van der Waals surface area contributed by atoms with Crippen LogP contribution in [0, 0.1) is 0 Å². The van der Waals surface area contributed by atoms with Crippen molar-refractivity contribution in [1.82, 2.24) is 4.57 Å². The SMILES string of the molecule is O=C(O)c1cn(C[C@H](O)c2ccccc2)cc(Oc2ccccc2)c1=O. The van der Waals surface area contributed by atoms with Gasteiger partial charge in [-0.3, -0.25) is 4.79 Å². The van der Waals surface area contributed by atoms with E-state index in [4.69, 9.17) is 4.74 Å². The molecule has 6 nitrogen and oxygen atoms in total. The highest BCUT2D eigenvalue weighted by Gasteiger charge is 2.17. The number of aromatic nitrogens is 1. The van der Waals surface area contributed by atoms with Crippen LogP contribution in [0.4, 0.5) is 0 Å². The van der Waals surface area contributed by atoms with Crippen LogP contribution < -0.4 is 10.2 Å². The van der Waals surface area contributed by atoms with E-state index in [1.165, 1.54) is 17.0 Å². The first-order valence-electron chi connectivity index (χ1n) is 7.98. The summed E-state index contributed by atoms with van der Waals surface area (Å²) in [6.07, 6.45) is 1.74. The molecule has 3 aromatic rings. The van der Waals surface area contributed by atoms with Crippen molar-refractivity contribution in [2.45, 2.75) is 12.6 Å². The smallest absolute Gasteiger partial charge is 0.341 e. The highest BCUT2D eigenvalue weighted by Crippen LogP contribution is 2.20. The second kappa shape index (κ2) is 7.67. The molecule has 1 heterocycles. The molecule has 1 atom stereocenters. The van der Waals surface area contributed by atoms with Gasteiger partial charge in [-0.25, -0.2) is 4.79 Å². The molecule has 0 aliphatic rings. The Kier molecular flexibility index (Phi) is 5.15. The van der Waals surface area contributed by atoms with Crippen molar-refractivity contribution in [1.29, 1.82) is 0 Å². The first kappa shape index (κ1) is 17.4. The summed E-state index contributed by atoms with van der Waals surface area (Å²) in [5.41, 5.74) is -0.445. The lowest BCUT2D eigenvalue weighted by Gasteiger charge is -2.15. The Morgan fingerprint density at radius 1 is 1.00 bits per heavy atom. The second-order valence-corrected chi connectivity index (χ2v) is 5.71. The van der Waals surface area contributed by atoms with Gasteiger partial charge in [0.15, 0.2) is 5.75 Å². The highest BCUT2D eigenvalue weighted by atomic mass is 16.5. The number of pyridine rings is 1. The molecule has 26 heavy (non-hydrogen) atoms. The summed E-state index contributed by atoms with van der Waals surface area (Å²) in [7, 11) is 0. The van der Waals surface area contributed by atoms with Crippen molar-refractivity contribution in [3.05, 3.63) is 94.4 Å². The molecule has 6 heteroatoms. The van der Waals surface area contributed by atoms with E-state index in [-0.39, 0.29) is 12.3 Å². The Morgan fingerprint density at radius 2 is 1.62 bits per heavy atom. The standard InChI is InChI=1S/C20H17NO5/c22-17(14-7-3-1-4-8-14)12-21-11-16(20(24)25)19(23)18(13-21)26-15-9-5-2-6-10-15/h1-11,13,17,22H,12H2,(H,24,25)/t17-/m0/s1. The molecule has 2 N–H and O–H groups in total. The zero-order valence-electron chi connectivity index (χ0n) is 13.8. The fraction of sp³-hybridized carbons (Fsp3) is 0.100. The van der Waals surface area contributed by atoms with Crippen molar-refractivity contribution in [3.63, 3.8) is 0 Å². The predicted octanol–water partition coefficient (Wildman–Crippen LogP) is 3.07. The number of carboxylic acid groups (broad SMARTS) is 1. The third-order valence-electron chi connectivity index (χ3n) is 3.82. The summed E-state index contributed by atoms with van der Waals surface area (Å²) in [5.74, 6) is -1.05. The van der Waals surface area contributed by atoms with Gasteiger partial charge in [0.2, 0.25) is 5.43 Å². The van der Waals surface area contributed by atoms with E-state index in [9.17, 15) is 19.8 Å². The summed E-state index contributed by atoms with van der Waals surface area (Å²) in [6, 6.07) is 17.6. The van der Waals surface area contributed by atoms with Crippen LogP contribution in [0.25, 0.3) is 0 Å². The van der Waals surface area contributed by atoms with E-state index < -0.39 is 23.1 Å². The number of ether oxygens (including phenoxy) is 1. The lowest BCUT2D eigenvalue weighted by atomic mass is 10.1. The van der Waals surface area contributed by atoms with E-state index in [1.54, 1.807) is 54.6 Å². The van der Waals surface area contributed by atoms with Crippen LogP contribution in [0.5, 0.6) is 11.5 Å². The van der Waals surface area contributed by atoms with Crippen LogP contribution in [0.3, 0.4) is 0 Å². The lowest BCUT2D eigenvalue weighted by Crippen LogP contribution is -2.20. The molecule has 0 spiro atoms. The Labute approximate surface area is 149 Å². The van der Waals surface area contributed by atoms with Crippen molar-refractivity contribution in [2.75, 3.05) is 0 Å². The Hall–Kier alpha value is -3.38. The summed E-state index contributed by atoms with van der Waals surface area (Å²) in [4.78, 5) is 23.7. The first-order valence-corrected chi connectivity index (χ1v) is 7.98. The third kappa shape index (κ3) is 3.99. The Balaban J connectivity index is 1.95. The molecule has 0 fully saturated rings. The van der Waals surface area contributed by atoms with E-state index in [0.29, 0.717) is 11.3 Å². The molecule has 1 aromatic heterocycles. The second-order valence-electron chi connectivity index (χ2n) is 5.71. The predicted molar refractivity (Wildman–Crippen MR) is 95.6 cm³/mol. The van der Waals surface area contributed by atoms with E-state index in [1.807, 2.05) is 6.07 Å². The minimum atomic E-state index is -1.35. The van der Waals surface area contributed by atoms with Gasteiger partial charge in [0, 0.05) is 6.20 Å². The number of nitrogens with zero attached hydrogens (tertiary/aromatic N) is 1. The van der Waals surface area contributed by atoms with Gasteiger partial charge in [-0.15, -0.1) is 0 Å². The quantitative estimate of drug-likeness (QED) is 0.712. The maximum absolute atomic E-state index is 12.3. The van der Waals surface area contributed by atoms with Gasteiger partial charge in [0.25, 0.3) is 0 Å². The molecule has 0 bridgehead atoms. The van der Waals surface area contributed by atoms with Gasteiger partial charge in [0.1, 0.15) is 11.3 Å². The number of aliphatic hydroxyl groups is 1. The number of rotatable bonds is 6. The van der Waals surface area contributed by atoms with Gasteiger partial charge >= 0.3 is 5.97 Å². The average Bonchev–Trinajstić information content (AvgIpc) is 2.65. The van der Waals surface area contributed by atoms with E-state index >= 15 is 0 Å². The molecule has 0 radical (unpaired) electrons. The number of hydrogen-bond donors (Lipinski definition) is 2. The number of benzene rings is 2. The number of hydrogen-bond acceptors (Lipinski definition) is 4. The van der Waals surface area contributed by atoms with Crippen molar-refractivity contribution in [3.8, 4) is 11.5 Å². The number of para-hydroxylation sites is 1. The monoisotopic (exact) mass is 351 g/mol. The summed E-state index contributed by atoms with van der Waals surface area (Å²) in [6.45, 7) is 0.0791. The molecule has 0 saturated heterocycles. The van der Waals surface area contributed by atoms with Gasteiger partial charge < -0.3 is 19.5 Å². The highest BCUT2D eigenvalue weighted by molar-refractivity contribution is 5.87.